The summed E-state index contributed by atoms with van der Waals surface area (Å²) in [7, 11) is 0. The predicted molar refractivity (Wildman–Crippen MR) is 98.4 cm³/mol. The summed E-state index contributed by atoms with van der Waals surface area (Å²) in [6.45, 7) is 0.400. The molecule has 126 valence electrons. The van der Waals surface area contributed by atoms with Crippen molar-refractivity contribution in [3.05, 3.63) is 29.8 Å². The van der Waals surface area contributed by atoms with Crippen LogP contribution < -0.4 is 11.1 Å². The largest absolute Gasteiger partial charge is 0.329 e. The number of pyridine rings is 1. The molecule has 0 radical (unpaired) electrons. The second kappa shape index (κ2) is 8.59. The molecule has 1 fully saturated rings. The number of rotatable bonds is 4. The van der Waals surface area contributed by atoms with Crippen LogP contribution in [0.1, 0.15) is 25.7 Å². The van der Waals surface area contributed by atoms with Crippen LogP contribution in [-0.2, 0) is 4.79 Å². The second-order valence-corrected chi connectivity index (χ2v) is 6.26. The standard InChI is InChI=1S/C15H18N4OS.2ClH/c16-10-15(6-2-3-7-15)13(20)19-14-18-12(9-21-14)11-5-1-4-8-17-11;;/h1,4-5,8-9H,2-3,6-7,10,16H2,(H,18,19,20);2*1H. The van der Waals surface area contributed by atoms with Crippen LogP contribution in [0.3, 0.4) is 0 Å². The third-order valence-corrected chi connectivity index (χ3v) is 4.84. The van der Waals surface area contributed by atoms with Gasteiger partial charge in [0.05, 0.1) is 11.1 Å². The highest BCUT2D eigenvalue weighted by atomic mass is 35.5. The van der Waals surface area contributed by atoms with Crippen molar-refractivity contribution in [3.8, 4) is 11.4 Å². The summed E-state index contributed by atoms with van der Waals surface area (Å²) in [5.41, 5.74) is 7.02. The smallest absolute Gasteiger partial charge is 0.233 e. The van der Waals surface area contributed by atoms with Crippen LogP contribution >= 0.6 is 36.2 Å². The number of aromatic nitrogens is 2. The van der Waals surface area contributed by atoms with Crippen molar-refractivity contribution in [2.24, 2.45) is 11.1 Å². The first kappa shape index (κ1) is 19.8. The molecule has 0 spiro atoms. The first-order chi connectivity index (χ1) is 10.2. The van der Waals surface area contributed by atoms with Gasteiger partial charge >= 0.3 is 0 Å². The van der Waals surface area contributed by atoms with Gasteiger partial charge in [0.1, 0.15) is 5.69 Å². The van der Waals surface area contributed by atoms with Gasteiger partial charge in [0.2, 0.25) is 5.91 Å². The van der Waals surface area contributed by atoms with Gasteiger partial charge in [-0.3, -0.25) is 9.78 Å². The van der Waals surface area contributed by atoms with Crippen molar-refractivity contribution in [2.45, 2.75) is 25.7 Å². The van der Waals surface area contributed by atoms with E-state index in [2.05, 4.69) is 15.3 Å². The van der Waals surface area contributed by atoms with Gasteiger partial charge in [-0.05, 0) is 25.0 Å². The lowest BCUT2D eigenvalue weighted by Crippen LogP contribution is -2.40. The predicted octanol–water partition coefficient (Wildman–Crippen LogP) is 3.51. The molecule has 5 nitrogen and oxygen atoms in total. The second-order valence-electron chi connectivity index (χ2n) is 5.40. The Morgan fingerprint density at radius 2 is 2.00 bits per heavy atom. The molecule has 1 aliphatic carbocycles. The topological polar surface area (TPSA) is 80.9 Å². The van der Waals surface area contributed by atoms with Crippen LogP contribution in [0.4, 0.5) is 5.13 Å². The van der Waals surface area contributed by atoms with Crippen LogP contribution in [0.25, 0.3) is 11.4 Å². The first-order valence-corrected chi connectivity index (χ1v) is 8.00. The van der Waals surface area contributed by atoms with Crippen LogP contribution in [0.15, 0.2) is 29.8 Å². The average molecular weight is 375 g/mol. The van der Waals surface area contributed by atoms with E-state index in [9.17, 15) is 4.79 Å². The maximum absolute atomic E-state index is 12.5. The summed E-state index contributed by atoms with van der Waals surface area (Å²) >= 11 is 1.42. The van der Waals surface area contributed by atoms with E-state index in [-0.39, 0.29) is 30.7 Å². The minimum absolute atomic E-state index is 0. The van der Waals surface area contributed by atoms with E-state index in [1.165, 1.54) is 11.3 Å². The Bertz CT molecular complexity index is 629. The number of anilines is 1. The van der Waals surface area contributed by atoms with Crippen molar-refractivity contribution >= 4 is 47.2 Å². The van der Waals surface area contributed by atoms with Crippen LogP contribution in [0.5, 0.6) is 0 Å². The van der Waals surface area contributed by atoms with E-state index in [4.69, 9.17) is 5.73 Å². The lowest BCUT2D eigenvalue weighted by Gasteiger charge is -2.24. The number of carbonyl (C=O) groups is 1. The zero-order chi connectivity index (χ0) is 14.7. The Kier molecular flexibility index (Phi) is 7.41. The molecule has 0 saturated heterocycles. The molecule has 0 unspecified atom stereocenters. The molecule has 0 atom stereocenters. The highest BCUT2D eigenvalue weighted by Crippen LogP contribution is 2.38. The molecule has 1 aliphatic rings. The van der Waals surface area contributed by atoms with Gasteiger partial charge in [0.25, 0.3) is 0 Å². The lowest BCUT2D eigenvalue weighted by atomic mass is 9.85. The molecule has 0 aromatic carbocycles. The number of nitrogens with one attached hydrogen (secondary N) is 1. The summed E-state index contributed by atoms with van der Waals surface area (Å²) in [5.74, 6) is 0.00409. The maximum Gasteiger partial charge on any atom is 0.233 e. The molecule has 3 rings (SSSR count). The van der Waals surface area contributed by atoms with Crippen LogP contribution in [0.2, 0.25) is 0 Å². The Hall–Kier alpha value is -1.21. The lowest BCUT2D eigenvalue weighted by molar-refractivity contribution is -0.124. The minimum atomic E-state index is -0.406. The number of hydrogen-bond donors (Lipinski definition) is 2. The quantitative estimate of drug-likeness (QED) is 0.857. The van der Waals surface area contributed by atoms with Gasteiger partial charge in [-0.1, -0.05) is 18.9 Å². The number of thiazole rings is 1. The molecule has 8 heteroatoms. The van der Waals surface area contributed by atoms with E-state index in [1.807, 2.05) is 23.6 Å². The summed E-state index contributed by atoms with van der Waals surface area (Å²) in [4.78, 5) is 21.2. The first-order valence-electron chi connectivity index (χ1n) is 7.12. The zero-order valence-corrected chi connectivity index (χ0v) is 15.0. The SMILES string of the molecule is Cl.Cl.NCC1(C(=O)Nc2nc(-c3ccccn3)cs2)CCCC1. The molecule has 0 bridgehead atoms. The third kappa shape index (κ3) is 4.20. The van der Waals surface area contributed by atoms with E-state index in [1.54, 1.807) is 6.20 Å². The Morgan fingerprint density at radius 1 is 1.26 bits per heavy atom. The van der Waals surface area contributed by atoms with E-state index < -0.39 is 5.41 Å². The summed E-state index contributed by atoms with van der Waals surface area (Å²) < 4.78 is 0. The van der Waals surface area contributed by atoms with E-state index >= 15 is 0 Å². The molecule has 2 heterocycles. The van der Waals surface area contributed by atoms with Crippen molar-refractivity contribution < 1.29 is 4.79 Å². The fourth-order valence-electron chi connectivity index (χ4n) is 2.77. The number of carbonyl (C=O) groups excluding carboxylic acids is 1. The summed E-state index contributed by atoms with van der Waals surface area (Å²) in [6.07, 6.45) is 5.61. The number of hydrogen-bond acceptors (Lipinski definition) is 5. The zero-order valence-electron chi connectivity index (χ0n) is 12.5. The van der Waals surface area contributed by atoms with Crippen molar-refractivity contribution in [1.82, 2.24) is 9.97 Å². The molecule has 2 aromatic rings. The Balaban J connectivity index is 0.00000132. The van der Waals surface area contributed by atoms with Gasteiger partial charge in [-0.15, -0.1) is 36.2 Å². The van der Waals surface area contributed by atoms with Crippen molar-refractivity contribution in [1.29, 1.82) is 0 Å². The summed E-state index contributed by atoms with van der Waals surface area (Å²) in [5, 5.41) is 5.44. The van der Waals surface area contributed by atoms with Gasteiger partial charge in [-0.25, -0.2) is 4.98 Å². The minimum Gasteiger partial charge on any atom is -0.329 e. The van der Waals surface area contributed by atoms with Crippen molar-refractivity contribution in [2.75, 3.05) is 11.9 Å². The average Bonchev–Trinajstić information content (AvgIpc) is 3.18. The number of amides is 1. The highest BCUT2D eigenvalue weighted by Gasteiger charge is 2.40. The maximum atomic E-state index is 12.5. The molecular formula is C15H20Cl2N4OS. The fourth-order valence-corrected chi connectivity index (χ4v) is 3.47. The van der Waals surface area contributed by atoms with Gasteiger partial charge in [0.15, 0.2) is 5.13 Å². The number of halogens is 2. The molecule has 23 heavy (non-hydrogen) atoms. The third-order valence-electron chi connectivity index (χ3n) is 4.09. The van der Waals surface area contributed by atoms with Gasteiger partial charge < -0.3 is 11.1 Å². The van der Waals surface area contributed by atoms with Gasteiger partial charge in [-0.2, -0.15) is 0 Å². The molecular weight excluding hydrogens is 355 g/mol. The normalized spacial score (nSPS) is 15.3. The van der Waals surface area contributed by atoms with E-state index in [0.717, 1.165) is 37.1 Å². The molecule has 0 aliphatic heterocycles. The Morgan fingerprint density at radius 3 is 2.61 bits per heavy atom. The van der Waals surface area contributed by atoms with Crippen LogP contribution in [-0.4, -0.2) is 22.4 Å². The number of nitrogens with zero attached hydrogens (tertiary/aromatic N) is 2. The Labute approximate surface area is 151 Å². The summed E-state index contributed by atoms with van der Waals surface area (Å²) in [6, 6.07) is 5.69. The van der Waals surface area contributed by atoms with Crippen molar-refractivity contribution in [3.63, 3.8) is 0 Å². The molecule has 1 amide bonds. The van der Waals surface area contributed by atoms with Gasteiger partial charge in [0, 0.05) is 18.1 Å². The monoisotopic (exact) mass is 374 g/mol. The molecule has 1 saturated carbocycles. The van der Waals surface area contributed by atoms with E-state index in [0.29, 0.717) is 11.7 Å². The molecule has 3 N–H and O–H groups in total. The number of nitrogens with two attached hydrogens (primary N) is 1. The van der Waals surface area contributed by atoms with Crippen LogP contribution in [0, 0.1) is 5.41 Å². The molecule has 2 aromatic heterocycles. The highest BCUT2D eigenvalue weighted by molar-refractivity contribution is 7.14. The fraction of sp³-hybridized carbons (Fsp3) is 0.400.